The Balaban J connectivity index is 1.72. The Labute approximate surface area is 194 Å². The monoisotopic (exact) mass is 446 g/mol. The van der Waals surface area contributed by atoms with Crippen molar-refractivity contribution in [2.75, 3.05) is 14.2 Å². The molecular weight excluding hydrogens is 428 g/mol. The van der Waals surface area contributed by atoms with Gasteiger partial charge in [0.25, 0.3) is 0 Å². The molecular formula is C26H18N6O2. The standard InChI is InChI=1S/C26H18N6O2/c1-33-25-22(14-13-21-23(25)30-18-10-5-3-8-16(18)29-21)32-26(34-2)24-20(12-7-15-27)28-17-9-4-6-11-19(17)31-24/h3-14H,1-2H3/b12-7-,32-26?. The maximum absolute atomic E-state index is 9.03. The van der Waals surface area contributed by atoms with Gasteiger partial charge in [0.15, 0.2) is 11.4 Å². The van der Waals surface area contributed by atoms with Gasteiger partial charge in [0.2, 0.25) is 5.90 Å². The average molecular weight is 446 g/mol. The summed E-state index contributed by atoms with van der Waals surface area (Å²) in [6.07, 6.45) is 2.92. The highest BCUT2D eigenvalue weighted by molar-refractivity contribution is 6.00. The van der Waals surface area contributed by atoms with E-state index in [0.29, 0.717) is 44.9 Å². The highest BCUT2D eigenvalue weighted by atomic mass is 16.5. The number of rotatable bonds is 4. The molecule has 8 nitrogen and oxygen atoms in total. The molecule has 0 aliphatic rings. The van der Waals surface area contributed by atoms with Crippen molar-refractivity contribution in [2.24, 2.45) is 4.99 Å². The molecule has 164 valence electrons. The molecule has 0 aliphatic heterocycles. The Bertz CT molecular complexity index is 1650. The van der Waals surface area contributed by atoms with Gasteiger partial charge in [-0.1, -0.05) is 24.3 Å². The van der Waals surface area contributed by atoms with Gasteiger partial charge in [-0.05, 0) is 42.5 Å². The molecule has 0 fully saturated rings. The third kappa shape index (κ3) is 3.76. The lowest BCUT2D eigenvalue weighted by atomic mass is 10.2. The number of aliphatic imine (C=N–C) groups is 1. The molecule has 0 amide bonds. The Hall–Kier alpha value is -4.90. The minimum absolute atomic E-state index is 0.224. The van der Waals surface area contributed by atoms with Crippen LogP contribution in [0.1, 0.15) is 11.4 Å². The van der Waals surface area contributed by atoms with Crippen molar-refractivity contribution in [3.8, 4) is 11.8 Å². The fraction of sp³-hybridized carbons (Fsp3) is 0.0769. The van der Waals surface area contributed by atoms with Crippen molar-refractivity contribution < 1.29 is 9.47 Å². The summed E-state index contributed by atoms with van der Waals surface area (Å²) in [5.74, 6) is 0.690. The molecule has 2 aromatic heterocycles. The fourth-order valence-corrected chi connectivity index (χ4v) is 3.65. The quantitative estimate of drug-likeness (QED) is 0.166. The van der Waals surface area contributed by atoms with Gasteiger partial charge in [-0.15, -0.1) is 0 Å². The zero-order chi connectivity index (χ0) is 23.5. The number of benzene rings is 3. The first-order valence-electron chi connectivity index (χ1n) is 10.4. The summed E-state index contributed by atoms with van der Waals surface area (Å²) in [5.41, 5.74) is 5.58. The van der Waals surface area contributed by atoms with Gasteiger partial charge >= 0.3 is 0 Å². The molecule has 8 heteroatoms. The number of hydrogen-bond acceptors (Lipinski definition) is 8. The van der Waals surface area contributed by atoms with Crippen LogP contribution in [0.2, 0.25) is 0 Å². The first-order chi connectivity index (χ1) is 16.7. The molecule has 0 saturated carbocycles. The molecule has 0 aliphatic carbocycles. The molecule has 0 unspecified atom stereocenters. The molecule has 5 aromatic rings. The normalized spacial score (nSPS) is 11.9. The second-order valence-corrected chi connectivity index (χ2v) is 7.23. The van der Waals surface area contributed by atoms with Crippen molar-refractivity contribution in [1.29, 1.82) is 5.26 Å². The number of hydrogen-bond donors (Lipinski definition) is 0. The molecule has 0 atom stereocenters. The minimum atomic E-state index is 0.224. The smallest absolute Gasteiger partial charge is 0.242 e. The molecule has 0 bridgehead atoms. The number of allylic oxidation sites excluding steroid dienone is 1. The van der Waals surface area contributed by atoms with Crippen LogP contribution >= 0.6 is 0 Å². The van der Waals surface area contributed by atoms with E-state index in [0.717, 1.165) is 11.0 Å². The summed E-state index contributed by atoms with van der Waals surface area (Å²) in [6, 6.07) is 20.7. The van der Waals surface area contributed by atoms with Crippen LogP contribution in [0.4, 0.5) is 5.69 Å². The van der Waals surface area contributed by atoms with Gasteiger partial charge in [-0.25, -0.2) is 24.9 Å². The molecule has 0 saturated heterocycles. The second kappa shape index (κ2) is 8.92. The Kier molecular flexibility index (Phi) is 5.50. The van der Waals surface area contributed by atoms with Gasteiger partial charge in [0.1, 0.15) is 11.2 Å². The Morgan fingerprint density at radius 2 is 1.47 bits per heavy atom. The lowest BCUT2D eigenvalue weighted by Gasteiger charge is -2.12. The molecule has 34 heavy (non-hydrogen) atoms. The van der Waals surface area contributed by atoms with Gasteiger partial charge in [0, 0.05) is 6.08 Å². The predicted molar refractivity (Wildman–Crippen MR) is 131 cm³/mol. The zero-order valence-corrected chi connectivity index (χ0v) is 18.4. The fourth-order valence-electron chi connectivity index (χ4n) is 3.65. The summed E-state index contributed by atoms with van der Waals surface area (Å²) in [6.45, 7) is 0. The van der Waals surface area contributed by atoms with E-state index >= 15 is 0 Å². The molecule has 5 rings (SSSR count). The number of aromatic nitrogens is 4. The van der Waals surface area contributed by atoms with Crippen LogP contribution in [0.3, 0.4) is 0 Å². The predicted octanol–water partition coefficient (Wildman–Crippen LogP) is 5.00. The van der Waals surface area contributed by atoms with Crippen LogP contribution in [0.15, 0.2) is 71.7 Å². The lowest BCUT2D eigenvalue weighted by Crippen LogP contribution is -2.10. The van der Waals surface area contributed by atoms with Crippen LogP contribution in [0.25, 0.3) is 39.2 Å². The van der Waals surface area contributed by atoms with Crippen LogP contribution in [0.5, 0.6) is 5.75 Å². The molecule has 2 heterocycles. The Morgan fingerprint density at radius 1 is 0.824 bits per heavy atom. The van der Waals surface area contributed by atoms with Gasteiger partial charge < -0.3 is 9.47 Å². The molecule has 0 N–H and O–H groups in total. The number of para-hydroxylation sites is 4. The maximum atomic E-state index is 9.03. The van der Waals surface area contributed by atoms with Crippen LogP contribution in [0, 0.1) is 11.3 Å². The minimum Gasteiger partial charge on any atom is -0.492 e. The van der Waals surface area contributed by atoms with E-state index in [4.69, 9.17) is 29.7 Å². The topological polar surface area (TPSA) is 106 Å². The van der Waals surface area contributed by atoms with Crippen molar-refractivity contribution >= 4 is 50.8 Å². The summed E-state index contributed by atoms with van der Waals surface area (Å²) in [4.78, 5) is 23.5. The third-order valence-electron chi connectivity index (χ3n) is 5.18. The van der Waals surface area contributed by atoms with Crippen LogP contribution in [-0.4, -0.2) is 40.1 Å². The number of ether oxygens (including phenoxy) is 2. The van der Waals surface area contributed by atoms with Gasteiger partial charge in [-0.2, -0.15) is 5.26 Å². The van der Waals surface area contributed by atoms with Crippen molar-refractivity contribution in [2.45, 2.75) is 0 Å². The summed E-state index contributed by atoms with van der Waals surface area (Å²) in [5, 5.41) is 9.03. The largest absolute Gasteiger partial charge is 0.492 e. The zero-order valence-electron chi connectivity index (χ0n) is 18.4. The lowest BCUT2D eigenvalue weighted by molar-refractivity contribution is 0.401. The van der Waals surface area contributed by atoms with Crippen LogP contribution < -0.4 is 4.74 Å². The van der Waals surface area contributed by atoms with Crippen molar-refractivity contribution in [3.63, 3.8) is 0 Å². The maximum Gasteiger partial charge on any atom is 0.242 e. The summed E-state index contributed by atoms with van der Waals surface area (Å²) < 4.78 is 11.3. The van der Waals surface area contributed by atoms with Gasteiger partial charge in [-0.3, -0.25) is 0 Å². The highest BCUT2D eigenvalue weighted by Crippen LogP contribution is 2.35. The van der Waals surface area contributed by atoms with E-state index in [2.05, 4.69) is 9.97 Å². The molecule has 0 spiro atoms. The average Bonchev–Trinajstić information content (AvgIpc) is 2.88. The number of fused-ring (bicyclic) bond motifs is 3. The Morgan fingerprint density at radius 3 is 2.12 bits per heavy atom. The van der Waals surface area contributed by atoms with E-state index in [1.165, 1.54) is 13.2 Å². The highest BCUT2D eigenvalue weighted by Gasteiger charge is 2.17. The SMILES string of the molecule is COC(=Nc1ccc2nc3ccccc3nc2c1OC)c1nc2ccccc2nc1/C=C\C#N. The number of nitrogens with zero attached hydrogens (tertiary/aromatic N) is 6. The molecule has 0 radical (unpaired) electrons. The summed E-state index contributed by atoms with van der Waals surface area (Å²) >= 11 is 0. The third-order valence-corrected chi connectivity index (χ3v) is 5.18. The van der Waals surface area contributed by atoms with Crippen molar-refractivity contribution in [1.82, 2.24) is 19.9 Å². The first kappa shape index (κ1) is 21.0. The van der Waals surface area contributed by atoms with Crippen LogP contribution in [-0.2, 0) is 4.74 Å². The van der Waals surface area contributed by atoms with E-state index in [1.807, 2.05) is 60.7 Å². The second-order valence-electron chi connectivity index (χ2n) is 7.23. The van der Waals surface area contributed by atoms with E-state index < -0.39 is 0 Å². The van der Waals surface area contributed by atoms with E-state index in [-0.39, 0.29) is 5.90 Å². The first-order valence-corrected chi connectivity index (χ1v) is 10.4. The van der Waals surface area contributed by atoms with E-state index in [9.17, 15) is 0 Å². The van der Waals surface area contributed by atoms with E-state index in [1.54, 1.807) is 19.3 Å². The number of methoxy groups -OCH3 is 2. The molecule has 3 aromatic carbocycles. The number of nitriles is 1. The van der Waals surface area contributed by atoms with Crippen molar-refractivity contribution in [3.05, 3.63) is 78.1 Å². The summed E-state index contributed by atoms with van der Waals surface area (Å²) in [7, 11) is 3.07. The van der Waals surface area contributed by atoms with Gasteiger partial charge in [0.05, 0.1) is 53.6 Å².